The molecule has 0 aliphatic heterocycles. The summed E-state index contributed by atoms with van der Waals surface area (Å²) < 4.78 is 3.38. The van der Waals surface area contributed by atoms with Crippen LogP contribution in [0.2, 0.25) is 0 Å². The third-order valence-corrected chi connectivity index (χ3v) is 5.29. The molecule has 3 aromatic carbocycles. The number of benzene rings is 3. The predicted octanol–water partition coefficient (Wildman–Crippen LogP) is 6.61. The van der Waals surface area contributed by atoms with Gasteiger partial charge in [-0.25, -0.2) is 0 Å². The Hall–Kier alpha value is -2.91. The molecule has 3 heteroatoms. The van der Waals surface area contributed by atoms with Crippen molar-refractivity contribution in [1.82, 2.24) is 9.55 Å². The highest BCUT2D eigenvalue weighted by atomic mass is 79.9. The molecule has 0 unspecified atom stereocenters. The minimum absolute atomic E-state index is 1.08. The summed E-state index contributed by atoms with van der Waals surface area (Å²) in [7, 11) is 0. The number of pyridine rings is 1. The van der Waals surface area contributed by atoms with Crippen LogP contribution in [0.3, 0.4) is 0 Å². The minimum Gasteiger partial charge on any atom is -0.309 e. The predicted molar refractivity (Wildman–Crippen MR) is 112 cm³/mol. The largest absolute Gasteiger partial charge is 0.309 e. The third kappa shape index (κ3) is 2.44. The van der Waals surface area contributed by atoms with E-state index >= 15 is 0 Å². The lowest BCUT2D eigenvalue weighted by atomic mass is 10.0. The zero-order chi connectivity index (χ0) is 17.5. The van der Waals surface area contributed by atoms with E-state index < -0.39 is 0 Å². The zero-order valence-corrected chi connectivity index (χ0v) is 15.5. The summed E-state index contributed by atoms with van der Waals surface area (Å²) in [6.07, 6.45) is 3.82. The molecular weight excluding hydrogens is 384 g/mol. The van der Waals surface area contributed by atoms with Crippen molar-refractivity contribution in [2.45, 2.75) is 0 Å². The molecular formula is C23H15BrN2. The van der Waals surface area contributed by atoms with Gasteiger partial charge >= 0.3 is 0 Å². The first-order chi connectivity index (χ1) is 12.8. The normalized spacial score (nSPS) is 11.3. The number of hydrogen-bond donors (Lipinski definition) is 0. The summed E-state index contributed by atoms with van der Waals surface area (Å²) in [5.74, 6) is 0. The number of rotatable bonds is 2. The molecule has 0 saturated carbocycles. The Kier molecular flexibility index (Phi) is 3.61. The first kappa shape index (κ1) is 15.4. The Morgan fingerprint density at radius 3 is 2.27 bits per heavy atom. The molecule has 0 aliphatic carbocycles. The lowest BCUT2D eigenvalue weighted by molar-refractivity contribution is 1.17. The molecule has 124 valence electrons. The van der Waals surface area contributed by atoms with Crippen molar-refractivity contribution in [1.29, 1.82) is 0 Å². The number of halogens is 1. The number of hydrogen-bond acceptors (Lipinski definition) is 1. The van der Waals surface area contributed by atoms with Crippen LogP contribution < -0.4 is 0 Å². The molecule has 0 aliphatic rings. The first-order valence-corrected chi connectivity index (χ1v) is 9.30. The summed E-state index contributed by atoms with van der Waals surface area (Å²) in [6, 6.07) is 27.7. The summed E-state index contributed by atoms with van der Waals surface area (Å²) in [4.78, 5) is 4.37. The van der Waals surface area contributed by atoms with E-state index in [0.717, 1.165) is 10.2 Å². The van der Waals surface area contributed by atoms with E-state index in [1.54, 1.807) is 0 Å². The molecule has 0 radical (unpaired) electrons. The van der Waals surface area contributed by atoms with Crippen LogP contribution in [0, 0.1) is 0 Å². The molecule has 5 rings (SSSR count). The van der Waals surface area contributed by atoms with Crippen molar-refractivity contribution in [3.05, 3.63) is 95.7 Å². The highest BCUT2D eigenvalue weighted by Gasteiger charge is 2.13. The number of nitrogens with zero attached hydrogens (tertiary/aromatic N) is 2. The Labute approximate surface area is 159 Å². The molecule has 26 heavy (non-hydrogen) atoms. The summed E-state index contributed by atoms with van der Waals surface area (Å²) in [5.41, 5.74) is 5.95. The topological polar surface area (TPSA) is 17.8 Å². The van der Waals surface area contributed by atoms with Gasteiger partial charge in [0.15, 0.2) is 0 Å². The number of aromatic nitrogens is 2. The summed E-state index contributed by atoms with van der Waals surface area (Å²) >= 11 is 3.52. The summed E-state index contributed by atoms with van der Waals surface area (Å²) in [6.45, 7) is 0. The Morgan fingerprint density at radius 2 is 1.46 bits per heavy atom. The maximum atomic E-state index is 4.37. The SMILES string of the molecule is Brc1ccc(-n2c3ccncc3c3cc(-c4ccccc4)ccc32)cc1. The maximum absolute atomic E-state index is 4.37. The fraction of sp³-hybridized carbons (Fsp3) is 0. The maximum Gasteiger partial charge on any atom is 0.0571 e. The third-order valence-electron chi connectivity index (χ3n) is 4.76. The van der Waals surface area contributed by atoms with E-state index in [9.17, 15) is 0 Å². The van der Waals surface area contributed by atoms with Crippen molar-refractivity contribution in [2.75, 3.05) is 0 Å². The van der Waals surface area contributed by atoms with Crippen molar-refractivity contribution < 1.29 is 0 Å². The smallest absolute Gasteiger partial charge is 0.0571 e. The van der Waals surface area contributed by atoms with Gasteiger partial charge in [0.25, 0.3) is 0 Å². The average Bonchev–Trinajstić information content (AvgIpc) is 3.03. The Bertz CT molecular complexity index is 1220. The van der Waals surface area contributed by atoms with Crippen molar-refractivity contribution in [2.24, 2.45) is 0 Å². The van der Waals surface area contributed by atoms with Crippen LogP contribution in [-0.4, -0.2) is 9.55 Å². The molecule has 2 nitrogen and oxygen atoms in total. The van der Waals surface area contributed by atoms with Gasteiger partial charge in [0.1, 0.15) is 0 Å². The highest BCUT2D eigenvalue weighted by Crippen LogP contribution is 2.34. The molecule has 0 fully saturated rings. The minimum atomic E-state index is 1.08. The van der Waals surface area contributed by atoms with Crippen LogP contribution in [0.5, 0.6) is 0 Å². The first-order valence-electron chi connectivity index (χ1n) is 8.51. The molecule has 0 spiro atoms. The second-order valence-corrected chi connectivity index (χ2v) is 7.22. The van der Waals surface area contributed by atoms with E-state index in [2.05, 4.69) is 98.3 Å². The molecule has 0 atom stereocenters. The van der Waals surface area contributed by atoms with E-state index in [4.69, 9.17) is 0 Å². The fourth-order valence-corrected chi connectivity index (χ4v) is 3.81. The van der Waals surface area contributed by atoms with Crippen LogP contribution in [0.15, 0.2) is 95.7 Å². The van der Waals surface area contributed by atoms with Crippen molar-refractivity contribution in [3.63, 3.8) is 0 Å². The van der Waals surface area contributed by atoms with Gasteiger partial charge in [0.2, 0.25) is 0 Å². The van der Waals surface area contributed by atoms with Crippen LogP contribution in [0.4, 0.5) is 0 Å². The standard InChI is InChI=1S/C23H15BrN2/c24-18-7-9-19(10-8-18)26-22-11-6-17(16-4-2-1-3-5-16)14-20(22)21-15-25-13-12-23(21)26/h1-15H. The highest BCUT2D eigenvalue weighted by molar-refractivity contribution is 9.10. The lowest BCUT2D eigenvalue weighted by Gasteiger charge is -2.08. The summed E-state index contributed by atoms with van der Waals surface area (Å²) in [5, 5.41) is 2.39. The average molecular weight is 399 g/mol. The van der Waals surface area contributed by atoms with Gasteiger partial charge in [-0.05, 0) is 53.6 Å². The van der Waals surface area contributed by atoms with Gasteiger partial charge in [-0.2, -0.15) is 0 Å². The van der Waals surface area contributed by atoms with Crippen LogP contribution in [-0.2, 0) is 0 Å². The molecule has 2 aromatic heterocycles. The van der Waals surface area contributed by atoms with E-state index in [1.807, 2.05) is 18.5 Å². The van der Waals surface area contributed by atoms with Gasteiger partial charge in [-0.15, -0.1) is 0 Å². The Balaban J connectivity index is 1.83. The quantitative estimate of drug-likeness (QED) is 0.327. The zero-order valence-electron chi connectivity index (χ0n) is 13.9. The monoisotopic (exact) mass is 398 g/mol. The molecule has 2 heterocycles. The molecule has 0 saturated heterocycles. The lowest BCUT2D eigenvalue weighted by Crippen LogP contribution is -1.93. The fourth-order valence-electron chi connectivity index (χ4n) is 3.54. The van der Waals surface area contributed by atoms with Crippen LogP contribution >= 0.6 is 15.9 Å². The van der Waals surface area contributed by atoms with E-state index in [0.29, 0.717) is 0 Å². The van der Waals surface area contributed by atoms with Gasteiger partial charge < -0.3 is 4.57 Å². The molecule has 0 N–H and O–H groups in total. The molecule has 0 bridgehead atoms. The van der Waals surface area contributed by atoms with E-state index in [1.165, 1.54) is 32.9 Å². The number of fused-ring (bicyclic) bond motifs is 3. The van der Waals surface area contributed by atoms with Crippen LogP contribution in [0.1, 0.15) is 0 Å². The van der Waals surface area contributed by atoms with Crippen molar-refractivity contribution in [3.8, 4) is 16.8 Å². The van der Waals surface area contributed by atoms with Crippen LogP contribution in [0.25, 0.3) is 38.6 Å². The van der Waals surface area contributed by atoms with Gasteiger partial charge in [0.05, 0.1) is 11.0 Å². The molecule has 0 amide bonds. The van der Waals surface area contributed by atoms with E-state index in [-0.39, 0.29) is 0 Å². The second kappa shape index (κ2) is 6.11. The van der Waals surface area contributed by atoms with Gasteiger partial charge in [0, 0.05) is 33.3 Å². The van der Waals surface area contributed by atoms with Crippen molar-refractivity contribution >= 4 is 37.7 Å². The second-order valence-electron chi connectivity index (χ2n) is 6.30. The Morgan fingerprint density at radius 1 is 0.692 bits per heavy atom. The van der Waals surface area contributed by atoms with Gasteiger partial charge in [-0.1, -0.05) is 52.3 Å². The molecule has 5 aromatic rings. The van der Waals surface area contributed by atoms with Gasteiger partial charge in [-0.3, -0.25) is 4.98 Å².